The van der Waals surface area contributed by atoms with Gasteiger partial charge in [-0.2, -0.15) is 0 Å². The number of aliphatic hydroxyl groups excluding tert-OH is 1. The molecule has 2 aliphatic heterocycles. The maximum Gasteiger partial charge on any atom is 0.274 e. The molecule has 41 heavy (non-hydrogen) atoms. The van der Waals surface area contributed by atoms with Crippen molar-refractivity contribution in [2.45, 2.75) is 23.8 Å². The van der Waals surface area contributed by atoms with Crippen LogP contribution in [0.5, 0.6) is 11.5 Å². The molecule has 1 atom stereocenters. The number of methoxy groups -OCH3 is 1. The third kappa shape index (κ3) is 6.67. The minimum Gasteiger partial charge on any atom is -0.497 e. The summed E-state index contributed by atoms with van der Waals surface area (Å²) in [7, 11) is -0.475. The first kappa shape index (κ1) is 28.9. The normalized spacial score (nSPS) is 21.1. The SMILES string of the molecule is COc1cccc(-c2ccc3c(c2)OCC2(CCN(C(=O)c4cnccn4)CC2)CN(C)CC(O)CNS3(=O)=O)c1. The van der Waals surface area contributed by atoms with Gasteiger partial charge in [-0.1, -0.05) is 18.2 Å². The Labute approximate surface area is 240 Å². The molecule has 2 aromatic carbocycles. The van der Waals surface area contributed by atoms with Crippen LogP contribution in [0, 0.1) is 5.41 Å². The Kier molecular flexibility index (Phi) is 8.55. The summed E-state index contributed by atoms with van der Waals surface area (Å²) in [6, 6.07) is 12.5. The molecule has 5 rings (SSSR count). The molecule has 3 aromatic rings. The van der Waals surface area contributed by atoms with E-state index in [0.29, 0.717) is 43.9 Å². The van der Waals surface area contributed by atoms with Gasteiger partial charge >= 0.3 is 0 Å². The lowest BCUT2D eigenvalue weighted by Crippen LogP contribution is -2.51. The fraction of sp³-hybridized carbons (Fsp3) is 0.414. The zero-order valence-corrected chi connectivity index (χ0v) is 24.0. The van der Waals surface area contributed by atoms with E-state index in [1.807, 2.05) is 36.2 Å². The third-order valence-electron chi connectivity index (χ3n) is 7.70. The smallest absolute Gasteiger partial charge is 0.274 e. The molecule has 0 radical (unpaired) electrons. The Balaban J connectivity index is 1.45. The molecule has 0 saturated carbocycles. The van der Waals surface area contributed by atoms with E-state index in [1.54, 1.807) is 24.1 Å². The summed E-state index contributed by atoms with van der Waals surface area (Å²) >= 11 is 0. The van der Waals surface area contributed by atoms with Crippen LogP contribution in [0.4, 0.5) is 0 Å². The number of carbonyl (C=O) groups is 1. The highest BCUT2D eigenvalue weighted by atomic mass is 32.2. The summed E-state index contributed by atoms with van der Waals surface area (Å²) in [6.45, 7) is 1.99. The monoisotopic (exact) mass is 581 g/mol. The van der Waals surface area contributed by atoms with E-state index in [9.17, 15) is 18.3 Å². The number of carbonyl (C=O) groups excluding carboxylic acids is 1. The number of benzene rings is 2. The highest BCUT2D eigenvalue weighted by Crippen LogP contribution is 2.37. The molecule has 0 aliphatic carbocycles. The summed E-state index contributed by atoms with van der Waals surface area (Å²) < 4.78 is 40.9. The van der Waals surface area contributed by atoms with Gasteiger partial charge in [-0.15, -0.1) is 0 Å². The van der Waals surface area contributed by atoms with Crippen molar-refractivity contribution < 1.29 is 27.8 Å². The standard InChI is InChI=1S/C29H35N5O6S/c1-33-18-23(35)16-32-41(37,38)27-7-6-22(21-4-3-5-24(14-21)39-2)15-26(27)40-20-29(19-33)8-12-34(13-9-29)28(36)25-17-30-10-11-31-25/h3-7,10-11,14-15,17,23,32,35H,8-9,12-13,16,18-20H2,1-2H3. The number of sulfonamides is 1. The first-order chi connectivity index (χ1) is 19.7. The summed E-state index contributed by atoms with van der Waals surface area (Å²) in [5.41, 5.74) is 1.55. The van der Waals surface area contributed by atoms with Gasteiger partial charge in [0.05, 0.1) is 26.0 Å². The second kappa shape index (κ2) is 12.1. The number of aliphatic hydroxyl groups is 1. The average molecular weight is 582 g/mol. The Morgan fingerprint density at radius 1 is 1.15 bits per heavy atom. The molecule has 3 heterocycles. The molecule has 0 bridgehead atoms. The van der Waals surface area contributed by atoms with Crippen LogP contribution in [0.2, 0.25) is 0 Å². The van der Waals surface area contributed by atoms with Gasteiger partial charge in [0.1, 0.15) is 22.1 Å². The number of piperidine rings is 1. The van der Waals surface area contributed by atoms with E-state index >= 15 is 0 Å². The number of likely N-dealkylation sites (tertiary alicyclic amines) is 1. The maximum atomic E-state index is 13.3. The average Bonchev–Trinajstić information content (AvgIpc) is 2.99. The Hall–Kier alpha value is -3.58. The van der Waals surface area contributed by atoms with Crippen molar-refractivity contribution in [2.75, 3.05) is 53.5 Å². The molecule has 11 nitrogen and oxygen atoms in total. The molecule has 1 spiro atoms. The topological polar surface area (TPSA) is 134 Å². The van der Waals surface area contributed by atoms with Gasteiger partial charge in [0.2, 0.25) is 10.0 Å². The number of nitrogens with one attached hydrogen (secondary N) is 1. The number of amides is 1. The second-order valence-corrected chi connectivity index (χ2v) is 12.5. The van der Waals surface area contributed by atoms with E-state index < -0.39 is 16.1 Å². The minimum atomic E-state index is -3.97. The van der Waals surface area contributed by atoms with Crippen molar-refractivity contribution in [3.63, 3.8) is 0 Å². The van der Waals surface area contributed by atoms with Gasteiger partial charge in [-0.05, 0) is 55.3 Å². The van der Waals surface area contributed by atoms with E-state index in [2.05, 4.69) is 14.7 Å². The van der Waals surface area contributed by atoms with Gasteiger partial charge in [-0.25, -0.2) is 18.1 Å². The number of hydrogen-bond acceptors (Lipinski definition) is 9. The Morgan fingerprint density at radius 3 is 2.66 bits per heavy atom. The number of likely N-dealkylation sites (N-methyl/N-ethyl adjacent to an activating group) is 1. The fourth-order valence-corrected chi connectivity index (χ4v) is 6.70. The molecule has 2 N–H and O–H groups in total. The van der Waals surface area contributed by atoms with Crippen LogP contribution in [0.1, 0.15) is 23.3 Å². The second-order valence-electron chi connectivity index (χ2n) is 10.8. The number of nitrogens with zero attached hydrogens (tertiary/aromatic N) is 4. The van der Waals surface area contributed by atoms with Crippen molar-refractivity contribution in [1.82, 2.24) is 24.5 Å². The lowest BCUT2D eigenvalue weighted by atomic mass is 9.78. The first-order valence-corrected chi connectivity index (χ1v) is 15.0. The third-order valence-corrected chi connectivity index (χ3v) is 9.16. The van der Waals surface area contributed by atoms with E-state index in [4.69, 9.17) is 9.47 Å². The van der Waals surface area contributed by atoms with Crippen molar-refractivity contribution >= 4 is 15.9 Å². The van der Waals surface area contributed by atoms with Gasteiger partial charge in [0.25, 0.3) is 5.91 Å². The van der Waals surface area contributed by atoms with Crippen LogP contribution in [0.25, 0.3) is 11.1 Å². The van der Waals surface area contributed by atoms with Gasteiger partial charge < -0.3 is 24.4 Å². The molecule has 2 aliphatic rings. The predicted octanol–water partition coefficient (Wildman–Crippen LogP) is 2.04. The number of rotatable bonds is 3. The fourth-order valence-electron chi connectivity index (χ4n) is 5.50. The zero-order chi connectivity index (χ0) is 29.0. The summed E-state index contributed by atoms with van der Waals surface area (Å²) in [5, 5.41) is 10.6. The molecular weight excluding hydrogens is 546 g/mol. The van der Waals surface area contributed by atoms with Gasteiger partial charge in [-0.3, -0.25) is 9.78 Å². The lowest BCUT2D eigenvalue weighted by molar-refractivity contribution is 0.0157. The van der Waals surface area contributed by atoms with Crippen LogP contribution >= 0.6 is 0 Å². The predicted molar refractivity (Wildman–Crippen MR) is 152 cm³/mol. The Bertz CT molecular complexity index is 1480. The van der Waals surface area contributed by atoms with Crippen LogP contribution < -0.4 is 14.2 Å². The van der Waals surface area contributed by atoms with E-state index in [-0.39, 0.29) is 41.7 Å². The summed E-state index contributed by atoms with van der Waals surface area (Å²) in [4.78, 5) is 24.9. The molecule has 1 saturated heterocycles. The zero-order valence-electron chi connectivity index (χ0n) is 23.2. The summed E-state index contributed by atoms with van der Waals surface area (Å²) in [5.74, 6) is 0.744. The number of hydrogen-bond donors (Lipinski definition) is 2. The lowest BCUT2D eigenvalue weighted by Gasteiger charge is -2.44. The molecule has 12 heteroatoms. The minimum absolute atomic E-state index is 0.00990. The van der Waals surface area contributed by atoms with Crippen LogP contribution in [-0.2, 0) is 10.0 Å². The molecule has 218 valence electrons. The molecule has 1 amide bonds. The molecular formula is C29H35N5O6S. The summed E-state index contributed by atoms with van der Waals surface area (Å²) in [6.07, 6.45) is 4.86. The number of aromatic nitrogens is 2. The number of ether oxygens (including phenoxy) is 2. The highest BCUT2D eigenvalue weighted by Gasteiger charge is 2.39. The largest absolute Gasteiger partial charge is 0.497 e. The van der Waals surface area contributed by atoms with E-state index in [1.165, 1.54) is 24.7 Å². The molecule has 1 aromatic heterocycles. The number of fused-ring (bicyclic) bond motifs is 1. The molecule has 1 unspecified atom stereocenters. The highest BCUT2D eigenvalue weighted by molar-refractivity contribution is 7.89. The van der Waals surface area contributed by atoms with Crippen LogP contribution in [0.15, 0.2) is 66.0 Å². The van der Waals surface area contributed by atoms with Crippen LogP contribution in [-0.4, -0.2) is 98.8 Å². The van der Waals surface area contributed by atoms with Gasteiger partial charge in [0.15, 0.2) is 0 Å². The van der Waals surface area contributed by atoms with Gasteiger partial charge in [0, 0.05) is 50.5 Å². The first-order valence-electron chi connectivity index (χ1n) is 13.5. The van der Waals surface area contributed by atoms with Crippen molar-refractivity contribution in [1.29, 1.82) is 0 Å². The van der Waals surface area contributed by atoms with Crippen LogP contribution in [0.3, 0.4) is 0 Å². The number of β-amino-alcohol motifs (C(OH)–C–C–N with tert-alkyl or cyclic N) is 1. The quantitative estimate of drug-likeness (QED) is 0.477. The Morgan fingerprint density at radius 2 is 1.93 bits per heavy atom. The van der Waals surface area contributed by atoms with Crippen molar-refractivity contribution in [3.8, 4) is 22.6 Å². The van der Waals surface area contributed by atoms with E-state index in [0.717, 1.165) is 11.1 Å². The molecule has 1 fully saturated rings. The maximum absolute atomic E-state index is 13.3. The van der Waals surface area contributed by atoms with Crippen molar-refractivity contribution in [3.05, 3.63) is 66.7 Å². The van der Waals surface area contributed by atoms with Crippen molar-refractivity contribution in [2.24, 2.45) is 5.41 Å².